The van der Waals surface area contributed by atoms with Crippen molar-refractivity contribution in [2.75, 3.05) is 51.3 Å². The van der Waals surface area contributed by atoms with E-state index in [4.69, 9.17) is 0 Å². The Hall–Kier alpha value is -2.29. The molecule has 1 aromatic rings. The van der Waals surface area contributed by atoms with E-state index < -0.39 is 11.7 Å². The fourth-order valence-electron chi connectivity index (χ4n) is 2.86. The highest BCUT2D eigenvalue weighted by Crippen LogP contribution is 2.31. The van der Waals surface area contributed by atoms with E-state index in [1.807, 2.05) is 9.80 Å². The number of nitrogens with zero attached hydrogens (tertiary/aromatic N) is 2. The van der Waals surface area contributed by atoms with Gasteiger partial charge in [-0.15, -0.1) is 0 Å². The number of carbonyl (C=O) groups is 2. The summed E-state index contributed by atoms with van der Waals surface area (Å²) in [6.45, 7) is 2.91. The zero-order valence-corrected chi connectivity index (χ0v) is 15.2. The highest BCUT2D eigenvalue weighted by Gasteiger charge is 2.31. The smallest absolute Gasteiger partial charge is 0.416 e. The number of piperazine rings is 1. The molecule has 2 rings (SSSR count). The third-order valence-electron chi connectivity index (χ3n) is 4.39. The van der Waals surface area contributed by atoms with Gasteiger partial charge < -0.3 is 15.0 Å². The molecule has 1 aliphatic heterocycles. The Kier molecular flexibility index (Phi) is 7.46. The molecule has 0 spiro atoms. The van der Waals surface area contributed by atoms with Gasteiger partial charge in [0.25, 0.3) is 0 Å². The van der Waals surface area contributed by atoms with Crippen molar-refractivity contribution in [3.8, 4) is 0 Å². The van der Waals surface area contributed by atoms with Crippen LogP contribution in [0.3, 0.4) is 0 Å². The Labute approximate surface area is 156 Å². The lowest BCUT2D eigenvalue weighted by atomic mass is 10.1. The van der Waals surface area contributed by atoms with Crippen LogP contribution in [-0.2, 0) is 20.5 Å². The van der Waals surface area contributed by atoms with Gasteiger partial charge in [0.05, 0.1) is 19.2 Å². The number of hydrogen-bond acceptors (Lipinski definition) is 5. The number of rotatable bonds is 7. The molecule has 1 heterocycles. The minimum Gasteiger partial charge on any atom is -0.469 e. The number of ether oxygens (including phenoxy) is 1. The lowest BCUT2D eigenvalue weighted by Crippen LogP contribution is -2.49. The predicted octanol–water partition coefficient (Wildman–Crippen LogP) is 1.90. The van der Waals surface area contributed by atoms with Gasteiger partial charge in [0.1, 0.15) is 0 Å². The van der Waals surface area contributed by atoms with Gasteiger partial charge >= 0.3 is 12.1 Å². The van der Waals surface area contributed by atoms with Crippen molar-refractivity contribution in [1.29, 1.82) is 0 Å². The predicted molar refractivity (Wildman–Crippen MR) is 94.4 cm³/mol. The van der Waals surface area contributed by atoms with Crippen LogP contribution < -0.4 is 10.2 Å². The summed E-state index contributed by atoms with van der Waals surface area (Å²) in [6, 6.07) is 5.29. The van der Waals surface area contributed by atoms with Gasteiger partial charge in [-0.2, -0.15) is 13.2 Å². The molecule has 6 nitrogen and oxygen atoms in total. The van der Waals surface area contributed by atoms with Crippen LogP contribution in [0.25, 0.3) is 0 Å². The van der Waals surface area contributed by atoms with E-state index in [2.05, 4.69) is 10.1 Å². The Morgan fingerprint density at radius 1 is 1.19 bits per heavy atom. The zero-order chi connectivity index (χ0) is 19.9. The summed E-state index contributed by atoms with van der Waals surface area (Å²) in [5.74, 6) is -0.442. The van der Waals surface area contributed by atoms with Crippen molar-refractivity contribution < 1.29 is 27.5 Å². The van der Waals surface area contributed by atoms with Crippen LogP contribution in [0.15, 0.2) is 24.3 Å². The number of esters is 1. The summed E-state index contributed by atoms with van der Waals surface area (Å²) in [7, 11) is 1.32. The minimum absolute atomic E-state index is 0.132. The van der Waals surface area contributed by atoms with Crippen molar-refractivity contribution in [2.24, 2.45) is 0 Å². The molecule has 0 aliphatic carbocycles. The normalized spacial score (nSPS) is 15.5. The quantitative estimate of drug-likeness (QED) is 0.572. The molecule has 0 atom stereocenters. The van der Waals surface area contributed by atoms with Gasteiger partial charge in [-0.25, -0.2) is 0 Å². The molecule has 1 amide bonds. The molecule has 1 N–H and O–H groups in total. The first-order valence-electron chi connectivity index (χ1n) is 8.77. The average Bonchev–Trinajstić information content (AvgIpc) is 2.65. The zero-order valence-electron chi connectivity index (χ0n) is 15.2. The molecule has 9 heteroatoms. The summed E-state index contributed by atoms with van der Waals surface area (Å²) in [6.07, 6.45) is -3.59. The van der Waals surface area contributed by atoms with Gasteiger partial charge in [0.2, 0.25) is 5.91 Å². The summed E-state index contributed by atoms with van der Waals surface area (Å²) >= 11 is 0. The van der Waals surface area contributed by atoms with E-state index in [0.29, 0.717) is 44.8 Å². The third kappa shape index (κ3) is 6.74. The largest absolute Gasteiger partial charge is 0.469 e. The fraction of sp³-hybridized carbons (Fsp3) is 0.556. The van der Waals surface area contributed by atoms with Crippen molar-refractivity contribution in [3.63, 3.8) is 0 Å². The Bertz CT molecular complexity index is 644. The number of methoxy groups -OCH3 is 1. The number of alkyl halides is 3. The van der Waals surface area contributed by atoms with Crippen molar-refractivity contribution in [2.45, 2.75) is 19.0 Å². The number of nitrogens with one attached hydrogen (secondary N) is 1. The number of benzene rings is 1. The summed E-state index contributed by atoms with van der Waals surface area (Å²) in [5.41, 5.74) is -0.120. The van der Waals surface area contributed by atoms with Crippen LogP contribution in [0.2, 0.25) is 0 Å². The molecule has 1 saturated heterocycles. The second-order valence-corrected chi connectivity index (χ2v) is 6.34. The molecule has 1 aliphatic rings. The molecule has 1 aromatic carbocycles. The van der Waals surface area contributed by atoms with E-state index in [1.165, 1.54) is 13.2 Å². The average molecular weight is 387 g/mol. The number of carbonyl (C=O) groups excluding carboxylic acids is 2. The molecule has 150 valence electrons. The van der Waals surface area contributed by atoms with Crippen LogP contribution >= 0.6 is 0 Å². The third-order valence-corrected chi connectivity index (χ3v) is 4.39. The van der Waals surface area contributed by atoms with E-state index >= 15 is 0 Å². The number of halogens is 3. The first kappa shape index (κ1) is 21.0. The number of hydrogen-bond donors (Lipinski definition) is 1. The molecule has 0 aromatic heterocycles. The summed E-state index contributed by atoms with van der Waals surface area (Å²) < 4.78 is 43.0. The van der Waals surface area contributed by atoms with Gasteiger partial charge in [-0.05, 0) is 24.6 Å². The second-order valence-electron chi connectivity index (χ2n) is 6.34. The Morgan fingerprint density at radius 2 is 1.89 bits per heavy atom. The molecular formula is C18H24F3N3O3. The molecule has 0 radical (unpaired) electrons. The van der Waals surface area contributed by atoms with E-state index in [-0.39, 0.29) is 24.8 Å². The number of anilines is 1. The topological polar surface area (TPSA) is 61.9 Å². The van der Waals surface area contributed by atoms with Crippen molar-refractivity contribution in [1.82, 2.24) is 10.2 Å². The van der Waals surface area contributed by atoms with E-state index in [9.17, 15) is 22.8 Å². The van der Waals surface area contributed by atoms with Crippen LogP contribution in [0.1, 0.15) is 18.4 Å². The van der Waals surface area contributed by atoms with Gasteiger partial charge in [-0.3, -0.25) is 14.5 Å². The monoisotopic (exact) mass is 387 g/mol. The lowest BCUT2D eigenvalue weighted by Gasteiger charge is -2.36. The standard InChI is InChI=1S/C18H24F3N3O3/c1-27-17(26)6-3-7-22-16(25)13-23-8-10-24(11-9-23)15-5-2-4-14(12-15)18(19,20)21/h2,4-5,12H,3,6-11,13H2,1H3,(H,22,25). The maximum Gasteiger partial charge on any atom is 0.416 e. The van der Waals surface area contributed by atoms with Crippen LogP contribution in [0, 0.1) is 0 Å². The molecule has 27 heavy (non-hydrogen) atoms. The Balaban J connectivity index is 1.74. The summed E-state index contributed by atoms with van der Waals surface area (Å²) in [4.78, 5) is 26.8. The maximum atomic E-state index is 12.8. The van der Waals surface area contributed by atoms with Gasteiger partial charge in [0, 0.05) is 44.8 Å². The fourth-order valence-corrected chi connectivity index (χ4v) is 2.86. The Morgan fingerprint density at radius 3 is 2.52 bits per heavy atom. The molecule has 0 bridgehead atoms. The summed E-state index contributed by atoms with van der Waals surface area (Å²) in [5, 5.41) is 2.75. The number of amides is 1. The molecule has 0 saturated carbocycles. The van der Waals surface area contributed by atoms with Crippen molar-refractivity contribution >= 4 is 17.6 Å². The van der Waals surface area contributed by atoms with Crippen LogP contribution in [0.5, 0.6) is 0 Å². The first-order chi connectivity index (χ1) is 12.8. The highest BCUT2D eigenvalue weighted by atomic mass is 19.4. The highest BCUT2D eigenvalue weighted by molar-refractivity contribution is 5.78. The second kappa shape index (κ2) is 9.59. The minimum atomic E-state index is -4.36. The van der Waals surface area contributed by atoms with Crippen LogP contribution in [0.4, 0.5) is 18.9 Å². The molecule has 1 fully saturated rings. The first-order valence-corrected chi connectivity index (χ1v) is 8.77. The van der Waals surface area contributed by atoms with Crippen LogP contribution in [-0.4, -0.2) is 63.2 Å². The maximum absolute atomic E-state index is 12.8. The molecule has 0 unspecified atom stereocenters. The SMILES string of the molecule is COC(=O)CCCNC(=O)CN1CCN(c2cccc(C(F)(F)F)c2)CC1. The van der Waals surface area contributed by atoms with E-state index in [1.54, 1.807) is 6.07 Å². The lowest BCUT2D eigenvalue weighted by molar-refractivity contribution is -0.141. The van der Waals surface area contributed by atoms with Gasteiger partial charge in [-0.1, -0.05) is 6.07 Å². The van der Waals surface area contributed by atoms with Crippen molar-refractivity contribution in [3.05, 3.63) is 29.8 Å². The van der Waals surface area contributed by atoms with Gasteiger partial charge in [0.15, 0.2) is 0 Å². The molecular weight excluding hydrogens is 363 g/mol. The van der Waals surface area contributed by atoms with E-state index in [0.717, 1.165) is 12.1 Å².